The summed E-state index contributed by atoms with van der Waals surface area (Å²) in [5, 5.41) is 18.6. The third-order valence-corrected chi connectivity index (χ3v) is 6.18. The number of nitrogens with one attached hydrogen (secondary N) is 1. The van der Waals surface area contributed by atoms with Crippen LogP contribution in [0.1, 0.15) is 37.8 Å². The van der Waals surface area contributed by atoms with E-state index >= 15 is 0 Å². The molecule has 1 saturated heterocycles. The van der Waals surface area contributed by atoms with E-state index in [0.29, 0.717) is 19.0 Å². The zero-order valence-electron chi connectivity index (χ0n) is 18.3. The fourth-order valence-corrected chi connectivity index (χ4v) is 4.66. The molecule has 168 valence electrons. The van der Waals surface area contributed by atoms with Crippen molar-refractivity contribution in [1.82, 2.24) is 19.7 Å². The summed E-state index contributed by atoms with van der Waals surface area (Å²) >= 11 is 0. The van der Waals surface area contributed by atoms with Gasteiger partial charge in [0.2, 0.25) is 5.95 Å². The van der Waals surface area contributed by atoms with Gasteiger partial charge >= 0.3 is 0 Å². The van der Waals surface area contributed by atoms with Gasteiger partial charge in [0, 0.05) is 30.9 Å². The lowest BCUT2D eigenvalue weighted by Crippen LogP contribution is -2.56. The Morgan fingerprint density at radius 3 is 2.78 bits per heavy atom. The molecule has 32 heavy (non-hydrogen) atoms. The molecular formula is C23H28FN7O. The first-order valence-electron chi connectivity index (χ1n) is 11.1. The minimum absolute atomic E-state index is 0.0670. The standard InChI is InChI=1S/C23H28FN7O/c1-15(2)31-20-12-26-23(28-21(20)30-9-3-4-19(30)22(31)32)25-10-17-11-27-29(14-17)13-16-5-7-18(24)8-6-16/h5-8,11-12,14-15,19,22,32H,3-4,9-10,13H2,1-2H3,(H,25,26,28). The molecule has 0 radical (unpaired) electrons. The smallest absolute Gasteiger partial charge is 0.225 e. The van der Waals surface area contributed by atoms with E-state index in [-0.39, 0.29) is 17.9 Å². The van der Waals surface area contributed by atoms with Crippen molar-refractivity contribution in [3.05, 3.63) is 59.8 Å². The Bertz CT molecular complexity index is 1080. The molecule has 5 rings (SSSR count). The predicted molar refractivity (Wildman–Crippen MR) is 121 cm³/mol. The largest absolute Gasteiger partial charge is 0.371 e. The van der Waals surface area contributed by atoms with E-state index in [9.17, 15) is 9.50 Å². The average molecular weight is 438 g/mol. The Hall–Kier alpha value is -3.20. The normalized spacial score (nSPS) is 19.9. The lowest BCUT2D eigenvalue weighted by Gasteiger charge is -2.45. The van der Waals surface area contributed by atoms with Crippen LogP contribution in [0, 0.1) is 5.82 Å². The van der Waals surface area contributed by atoms with Crippen molar-refractivity contribution in [3.63, 3.8) is 0 Å². The summed E-state index contributed by atoms with van der Waals surface area (Å²) in [6.07, 6.45) is 7.04. The van der Waals surface area contributed by atoms with Crippen LogP contribution >= 0.6 is 0 Å². The number of rotatable bonds is 6. The Kier molecular flexibility index (Phi) is 5.42. The Balaban J connectivity index is 1.29. The molecule has 8 nitrogen and oxygen atoms in total. The molecule has 0 spiro atoms. The first-order valence-corrected chi connectivity index (χ1v) is 11.1. The van der Waals surface area contributed by atoms with Crippen molar-refractivity contribution in [2.45, 2.75) is 58.1 Å². The molecule has 2 atom stereocenters. The summed E-state index contributed by atoms with van der Waals surface area (Å²) in [7, 11) is 0. The second-order valence-corrected chi connectivity index (χ2v) is 8.75. The molecule has 2 aliphatic rings. The van der Waals surface area contributed by atoms with E-state index in [1.807, 2.05) is 22.0 Å². The van der Waals surface area contributed by atoms with Crippen LogP contribution in [0.4, 0.5) is 21.8 Å². The summed E-state index contributed by atoms with van der Waals surface area (Å²) in [6.45, 7) is 6.18. The van der Waals surface area contributed by atoms with Crippen LogP contribution in [0.5, 0.6) is 0 Å². The van der Waals surface area contributed by atoms with Crippen molar-refractivity contribution >= 4 is 17.5 Å². The number of aromatic nitrogens is 4. The number of benzene rings is 1. The predicted octanol–water partition coefficient (Wildman–Crippen LogP) is 2.99. The maximum Gasteiger partial charge on any atom is 0.225 e. The minimum Gasteiger partial charge on any atom is -0.371 e. The summed E-state index contributed by atoms with van der Waals surface area (Å²) in [5.74, 6) is 1.20. The zero-order chi connectivity index (χ0) is 22.2. The van der Waals surface area contributed by atoms with Gasteiger partial charge in [-0.15, -0.1) is 0 Å². The van der Waals surface area contributed by atoms with Gasteiger partial charge in [0.1, 0.15) is 17.7 Å². The molecule has 0 saturated carbocycles. The van der Waals surface area contributed by atoms with E-state index in [1.165, 1.54) is 12.1 Å². The van der Waals surface area contributed by atoms with E-state index in [1.54, 1.807) is 18.3 Å². The quantitative estimate of drug-likeness (QED) is 0.613. The highest BCUT2D eigenvalue weighted by molar-refractivity contribution is 5.72. The highest BCUT2D eigenvalue weighted by Gasteiger charge is 2.42. The zero-order valence-corrected chi connectivity index (χ0v) is 18.3. The van der Waals surface area contributed by atoms with Crippen molar-refractivity contribution in [2.75, 3.05) is 21.7 Å². The highest BCUT2D eigenvalue weighted by Crippen LogP contribution is 2.41. The van der Waals surface area contributed by atoms with Gasteiger partial charge in [-0.2, -0.15) is 10.1 Å². The molecule has 0 aliphatic carbocycles. The van der Waals surface area contributed by atoms with Crippen LogP contribution in [0.3, 0.4) is 0 Å². The molecule has 2 aromatic heterocycles. The van der Waals surface area contributed by atoms with Gasteiger partial charge in [0.05, 0.1) is 25.0 Å². The van der Waals surface area contributed by atoms with Gasteiger partial charge in [0.15, 0.2) is 5.82 Å². The molecule has 4 heterocycles. The van der Waals surface area contributed by atoms with Gasteiger partial charge < -0.3 is 20.2 Å². The fourth-order valence-electron chi connectivity index (χ4n) is 4.66. The second kappa shape index (κ2) is 8.38. The third kappa shape index (κ3) is 3.88. The van der Waals surface area contributed by atoms with Crippen molar-refractivity contribution in [1.29, 1.82) is 0 Å². The second-order valence-electron chi connectivity index (χ2n) is 8.75. The highest BCUT2D eigenvalue weighted by atomic mass is 19.1. The topological polar surface area (TPSA) is 82.3 Å². The Labute approximate surface area is 186 Å². The van der Waals surface area contributed by atoms with Gasteiger partial charge in [-0.3, -0.25) is 4.68 Å². The minimum atomic E-state index is -0.542. The Morgan fingerprint density at radius 1 is 1.19 bits per heavy atom. The molecule has 9 heteroatoms. The molecule has 3 aromatic rings. The molecular weight excluding hydrogens is 409 g/mol. The number of aliphatic hydroxyl groups excluding tert-OH is 1. The van der Waals surface area contributed by atoms with Crippen LogP contribution in [0.15, 0.2) is 42.9 Å². The monoisotopic (exact) mass is 437 g/mol. The van der Waals surface area contributed by atoms with Crippen LogP contribution in [0.25, 0.3) is 0 Å². The van der Waals surface area contributed by atoms with Gasteiger partial charge in [-0.1, -0.05) is 12.1 Å². The maximum atomic E-state index is 13.1. The van der Waals surface area contributed by atoms with Gasteiger partial charge in [0.25, 0.3) is 0 Å². The molecule has 0 bridgehead atoms. The first kappa shape index (κ1) is 20.7. The lowest BCUT2D eigenvalue weighted by molar-refractivity contribution is 0.128. The number of hydrogen-bond donors (Lipinski definition) is 2. The summed E-state index contributed by atoms with van der Waals surface area (Å²) in [6, 6.07) is 6.66. The molecule has 1 fully saturated rings. The molecule has 0 amide bonds. The van der Waals surface area contributed by atoms with Gasteiger partial charge in [-0.25, -0.2) is 9.37 Å². The SMILES string of the molecule is CC(C)N1c2cnc(NCc3cnn(Cc4ccc(F)cc4)c3)nc2N2CCCC2C1O. The molecule has 2 unspecified atom stereocenters. The van der Waals surface area contributed by atoms with E-state index < -0.39 is 6.23 Å². The first-order chi connectivity index (χ1) is 15.5. The van der Waals surface area contributed by atoms with Crippen LogP contribution in [-0.2, 0) is 13.1 Å². The number of hydrogen-bond acceptors (Lipinski definition) is 7. The van der Waals surface area contributed by atoms with E-state index in [0.717, 1.165) is 42.0 Å². The number of aliphatic hydroxyl groups is 1. The third-order valence-electron chi connectivity index (χ3n) is 6.18. The summed E-state index contributed by atoms with van der Waals surface area (Å²) in [4.78, 5) is 13.5. The number of anilines is 3. The Morgan fingerprint density at radius 2 is 2.00 bits per heavy atom. The summed E-state index contributed by atoms with van der Waals surface area (Å²) in [5.41, 5.74) is 2.87. The fraction of sp³-hybridized carbons (Fsp3) is 0.435. The van der Waals surface area contributed by atoms with Crippen molar-refractivity contribution in [3.8, 4) is 0 Å². The average Bonchev–Trinajstić information content (AvgIpc) is 3.44. The number of halogens is 1. The maximum absolute atomic E-state index is 13.1. The molecule has 2 aliphatic heterocycles. The van der Waals surface area contributed by atoms with Crippen molar-refractivity contribution < 1.29 is 9.50 Å². The lowest BCUT2D eigenvalue weighted by atomic mass is 10.1. The van der Waals surface area contributed by atoms with E-state index in [2.05, 4.69) is 34.1 Å². The van der Waals surface area contributed by atoms with Crippen LogP contribution in [0.2, 0.25) is 0 Å². The van der Waals surface area contributed by atoms with E-state index in [4.69, 9.17) is 4.98 Å². The van der Waals surface area contributed by atoms with Crippen LogP contribution < -0.4 is 15.1 Å². The van der Waals surface area contributed by atoms with Crippen LogP contribution in [-0.4, -0.2) is 49.7 Å². The summed E-state index contributed by atoms with van der Waals surface area (Å²) < 4.78 is 14.9. The van der Waals surface area contributed by atoms with Gasteiger partial charge in [-0.05, 0) is 44.4 Å². The number of nitrogens with zero attached hydrogens (tertiary/aromatic N) is 6. The molecule has 2 N–H and O–H groups in total. The molecule has 1 aromatic carbocycles. The van der Waals surface area contributed by atoms with Crippen molar-refractivity contribution in [2.24, 2.45) is 0 Å². The number of fused-ring (bicyclic) bond motifs is 3.